The van der Waals surface area contributed by atoms with Crippen LogP contribution in [0.25, 0.3) is 0 Å². The molecule has 118 valence electrons. The fraction of sp³-hybridized carbons (Fsp3) is 0.133. The van der Waals surface area contributed by atoms with Crippen LogP contribution in [0.4, 0.5) is 10.2 Å². The summed E-state index contributed by atoms with van der Waals surface area (Å²) in [7, 11) is 1.72. The maximum atomic E-state index is 13.7. The highest BCUT2D eigenvalue weighted by Gasteiger charge is 2.14. The molecule has 2 heterocycles. The van der Waals surface area contributed by atoms with E-state index >= 15 is 0 Å². The van der Waals surface area contributed by atoms with E-state index in [1.165, 1.54) is 21.6 Å². The van der Waals surface area contributed by atoms with Crippen LogP contribution < -0.4 is 5.32 Å². The summed E-state index contributed by atoms with van der Waals surface area (Å²) in [5, 5.41) is 11.0. The molecule has 0 unspecified atom stereocenters. The normalized spacial score (nSPS) is 10.7. The number of amides is 1. The number of nitrogens with zero attached hydrogens (tertiary/aromatic N) is 4. The number of aromatic nitrogens is 4. The number of benzene rings is 1. The van der Waals surface area contributed by atoms with Gasteiger partial charge in [0.25, 0.3) is 5.91 Å². The number of hydrogen-bond donors (Lipinski definition) is 1. The first-order valence-corrected chi connectivity index (χ1v) is 7.18. The topological polar surface area (TPSA) is 64.7 Å². The Morgan fingerprint density at radius 2 is 2.09 bits per heavy atom. The fourth-order valence-corrected chi connectivity index (χ4v) is 2.27. The molecule has 3 aromatic rings. The highest BCUT2D eigenvalue weighted by molar-refractivity contribution is 6.33. The van der Waals surface area contributed by atoms with E-state index in [0.29, 0.717) is 5.56 Å². The van der Waals surface area contributed by atoms with Gasteiger partial charge in [-0.15, -0.1) is 0 Å². The third kappa shape index (κ3) is 3.40. The van der Waals surface area contributed by atoms with E-state index in [1.807, 2.05) is 0 Å². The molecule has 6 nitrogen and oxygen atoms in total. The van der Waals surface area contributed by atoms with E-state index in [2.05, 4.69) is 15.5 Å². The van der Waals surface area contributed by atoms with Crippen LogP contribution in [0.3, 0.4) is 0 Å². The maximum absolute atomic E-state index is 13.7. The lowest BCUT2D eigenvalue weighted by molar-refractivity contribution is 0.102. The van der Waals surface area contributed by atoms with Gasteiger partial charge in [-0.05, 0) is 12.1 Å². The van der Waals surface area contributed by atoms with Crippen molar-refractivity contribution >= 4 is 23.3 Å². The molecular weight excluding hydrogens is 321 g/mol. The Balaban J connectivity index is 1.76. The molecular formula is C15H13ClFN5O. The quantitative estimate of drug-likeness (QED) is 0.798. The van der Waals surface area contributed by atoms with Crippen molar-refractivity contribution in [3.05, 3.63) is 64.8 Å². The lowest BCUT2D eigenvalue weighted by Crippen LogP contribution is -2.14. The van der Waals surface area contributed by atoms with Gasteiger partial charge in [-0.3, -0.25) is 14.2 Å². The van der Waals surface area contributed by atoms with E-state index in [0.717, 1.165) is 0 Å². The van der Waals surface area contributed by atoms with Gasteiger partial charge in [0.15, 0.2) is 11.5 Å². The average Bonchev–Trinajstić information content (AvgIpc) is 3.08. The van der Waals surface area contributed by atoms with Crippen LogP contribution in [-0.2, 0) is 13.6 Å². The SMILES string of the molecule is Cn1ccc(C(=O)Nc2nn(Cc3ccccc3F)cc2Cl)n1. The summed E-state index contributed by atoms with van der Waals surface area (Å²) < 4.78 is 16.7. The van der Waals surface area contributed by atoms with E-state index in [9.17, 15) is 9.18 Å². The predicted octanol–water partition coefficient (Wildman–Crippen LogP) is 2.71. The summed E-state index contributed by atoms with van der Waals surface area (Å²) in [6.07, 6.45) is 3.19. The maximum Gasteiger partial charge on any atom is 0.277 e. The van der Waals surface area contributed by atoms with Crippen LogP contribution in [-0.4, -0.2) is 25.5 Å². The number of halogens is 2. The second-order valence-corrected chi connectivity index (χ2v) is 5.35. The van der Waals surface area contributed by atoms with Crippen molar-refractivity contribution in [3.63, 3.8) is 0 Å². The number of hydrogen-bond acceptors (Lipinski definition) is 3. The fourth-order valence-electron chi connectivity index (χ4n) is 2.07. The van der Waals surface area contributed by atoms with Crippen LogP contribution in [0.15, 0.2) is 42.7 Å². The molecule has 2 aromatic heterocycles. The summed E-state index contributed by atoms with van der Waals surface area (Å²) in [6, 6.07) is 7.99. The predicted molar refractivity (Wildman–Crippen MR) is 83.9 cm³/mol. The number of rotatable bonds is 4. The van der Waals surface area contributed by atoms with Gasteiger partial charge in [-0.2, -0.15) is 10.2 Å². The Morgan fingerprint density at radius 3 is 2.78 bits per heavy atom. The van der Waals surface area contributed by atoms with Gasteiger partial charge >= 0.3 is 0 Å². The minimum atomic E-state index is -0.413. The second kappa shape index (κ2) is 6.21. The Kier molecular flexibility index (Phi) is 4.12. The number of nitrogens with one attached hydrogen (secondary N) is 1. The molecule has 0 aliphatic rings. The molecule has 23 heavy (non-hydrogen) atoms. The Morgan fingerprint density at radius 1 is 1.30 bits per heavy atom. The second-order valence-electron chi connectivity index (χ2n) is 4.94. The molecule has 0 saturated carbocycles. The first-order valence-electron chi connectivity index (χ1n) is 6.80. The monoisotopic (exact) mass is 333 g/mol. The molecule has 1 N–H and O–H groups in total. The molecule has 0 aliphatic carbocycles. The van der Waals surface area contributed by atoms with Gasteiger partial charge in [0.2, 0.25) is 0 Å². The molecule has 0 fully saturated rings. The van der Waals surface area contributed by atoms with E-state index in [4.69, 9.17) is 11.6 Å². The van der Waals surface area contributed by atoms with E-state index < -0.39 is 5.91 Å². The molecule has 0 atom stereocenters. The standard InChI is InChI=1S/C15H13ClFN5O/c1-21-7-6-13(19-21)15(23)18-14-11(16)9-22(20-14)8-10-4-2-3-5-12(10)17/h2-7,9H,8H2,1H3,(H,18,20,23). The average molecular weight is 334 g/mol. The van der Waals surface area contributed by atoms with Gasteiger partial charge in [-0.25, -0.2) is 4.39 Å². The molecule has 0 spiro atoms. The van der Waals surface area contributed by atoms with Crippen LogP contribution >= 0.6 is 11.6 Å². The van der Waals surface area contributed by atoms with Crippen LogP contribution in [0, 0.1) is 5.82 Å². The third-order valence-corrected chi connectivity index (χ3v) is 3.46. The molecule has 0 bridgehead atoms. The minimum Gasteiger partial charge on any atom is -0.302 e. The number of anilines is 1. The number of aryl methyl sites for hydroxylation is 1. The van der Waals surface area contributed by atoms with Crippen molar-refractivity contribution in [1.82, 2.24) is 19.6 Å². The van der Waals surface area contributed by atoms with Gasteiger partial charge in [0.05, 0.1) is 6.54 Å². The summed E-state index contributed by atoms with van der Waals surface area (Å²) in [5.41, 5.74) is 0.737. The summed E-state index contributed by atoms with van der Waals surface area (Å²) in [4.78, 5) is 12.0. The minimum absolute atomic E-state index is 0.207. The van der Waals surface area contributed by atoms with Crippen molar-refractivity contribution in [3.8, 4) is 0 Å². The molecule has 1 amide bonds. The zero-order valence-electron chi connectivity index (χ0n) is 12.2. The molecule has 8 heteroatoms. The van der Waals surface area contributed by atoms with Crippen LogP contribution in [0.5, 0.6) is 0 Å². The summed E-state index contributed by atoms with van der Waals surface area (Å²) in [6.45, 7) is 0.214. The van der Waals surface area contributed by atoms with Gasteiger partial charge < -0.3 is 5.32 Å². The Hall–Kier alpha value is -2.67. The van der Waals surface area contributed by atoms with Crippen molar-refractivity contribution in [2.75, 3.05) is 5.32 Å². The number of carbonyl (C=O) groups excluding carboxylic acids is 1. The van der Waals surface area contributed by atoms with Crippen LogP contribution in [0.1, 0.15) is 16.1 Å². The first kappa shape index (κ1) is 15.2. The van der Waals surface area contributed by atoms with Gasteiger partial charge in [0.1, 0.15) is 10.8 Å². The van der Waals surface area contributed by atoms with Crippen molar-refractivity contribution in [2.24, 2.45) is 7.05 Å². The van der Waals surface area contributed by atoms with Crippen molar-refractivity contribution in [1.29, 1.82) is 0 Å². The highest BCUT2D eigenvalue weighted by Crippen LogP contribution is 2.21. The smallest absolute Gasteiger partial charge is 0.277 e. The highest BCUT2D eigenvalue weighted by atomic mass is 35.5. The summed E-state index contributed by atoms with van der Waals surface area (Å²) >= 11 is 6.07. The molecule has 0 saturated heterocycles. The lowest BCUT2D eigenvalue weighted by Gasteiger charge is -2.03. The van der Waals surface area contributed by atoms with E-state index in [1.54, 1.807) is 37.5 Å². The zero-order valence-corrected chi connectivity index (χ0v) is 13.0. The molecule has 0 aliphatic heterocycles. The summed E-state index contributed by atoms with van der Waals surface area (Å²) in [5.74, 6) is -0.527. The largest absolute Gasteiger partial charge is 0.302 e. The van der Waals surface area contributed by atoms with Crippen molar-refractivity contribution in [2.45, 2.75) is 6.54 Å². The van der Waals surface area contributed by atoms with Gasteiger partial charge in [0, 0.05) is 25.0 Å². The Labute approximate surface area is 136 Å². The van der Waals surface area contributed by atoms with Crippen LogP contribution in [0.2, 0.25) is 5.02 Å². The Bertz CT molecular complexity index is 857. The zero-order chi connectivity index (χ0) is 16.4. The van der Waals surface area contributed by atoms with E-state index in [-0.39, 0.29) is 28.9 Å². The lowest BCUT2D eigenvalue weighted by atomic mass is 10.2. The molecule has 0 radical (unpaired) electrons. The first-order chi connectivity index (χ1) is 11.0. The number of carbonyl (C=O) groups is 1. The molecule has 3 rings (SSSR count). The molecule has 1 aromatic carbocycles. The third-order valence-electron chi connectivity index (χ3n) is 3.19. The van der Waals surface area contributed by atoms with Crippen molar-refractivity contribution < 1.29 is 9.18 Å². The van der Waals surface area contributed by atoms with Gasteiger partial charge in [-0.1, -0.05) is 29.8 Å².